The first kappa shape index (κ1) is 30.2. The summed E-state index contributed by atoms with van der Waals surface area (Å²) in [6.45, 7) is 0. The number of hydrogen-bond acceptors (Lipinski definition) is 5. The number of pyridine rings is 1. The van der Waals surface area contributed by atoms with Crippen molar-refractivity contribution in [1.29, 1.82) is 0 Å². The molecule has 4 heterocycles. The molecule has 0 aliphatic heterocycles. The highest BCUT2D eigenvalue weighted by molar-refractivity contribution is 6.09. The minimum atomic E-state index is 0.577. The molecule has 0 aliphatic carbocycles. The minimum absolute atomic E-state index is 0.577. The van der Waals surface area contributed by atoms with Gasteiger partial charge in [-0.15, -0.1) is 0 Å². The zero-order valence-electron chi connectivity index (χ0n) is 28.9. The van der Waals surface area contributed by atoms with Gasteiger partial charge in [-0.1, -0.05) is 115 Å². The van der Waals surface area contributed by atoms with Gasteiger partial charge in [0.2, 0.25) is 0 Å². The molecular weight excluding hydrogens is 663 g/mol. The molecule has 0 fully saturated rings. The van der Waals surface area contributed by atoms with E-state index in [0.717, 1.165) is 60.8 Å². The van der Waals surface area contributed by atoms with Crippen LogP contribution in [0, 0.1) is 0 Å². The molecule has 252 valence electrons. The fraction of sp³-hybridized carbons (Fsp3) is 0. The first-order valence-electron chi connectivity index (χ1n) is 17.9. The van der Waals surface area contributed by atoms with E-state index >= 15 is 0 Å². The van der Waals surface area contributed by atoms with E-state index in [1.54, 1.807) is 12.4 Å². The van der Waals surface area contributed by atoms with Crippen molar-refractivity contribution in [3.05, 3.63) is 176 Å². The van der Waals surface area contributed by atoms with Crippen LogP contribution < -0.4 is 0 Å². The van der Waals surface area contributed by atoms with Crippen LogP contribution in [0.2, 0.25) is 0 Å². The van der Waals surface area contributed by atoms with Crippen molar-refractivity contribution in [2.75, 3.05) is 0 Å². The molecule has 4 aromatic heterocycles. The number of hydrogen-bond donors (Lipinski definition) is 0. The van der Waals surface area contributed by atoms with Gasteiger partial charge in [0.25, 0.3) is 0 Å². The van der Waals surface area contributed by atoms with E-state index in [-0.39, 0.29) is 0 Å². The number of fused-ring (bicyclic) bond motifs is 7. The van der Waals surface area contributed by atoms with Gasteiger partial charge in [0.15, 0.2) is 23.1 Å². The lowest BCUT2D eigenvalue weighted by Gasteiger charge is -2.11. The Kier molecular flexibility index (Phi) is 6.75. The van der Waals surface area contributed by atoms with Gasteiger partial charge < -0.3 is 8.98 Å². The van der Waals surface area contributed by atoms with Crippen LogP contribution in [0.5, 0.6) is 0 Å². The molecule has 54 heavy (non-hydrogen) atoms. The summed E-state index contributed by atoms with van der Waals surface area (Å²) in [5, 5.41) is 6.86. The summed E-state index contributed by atoms with van der Waals surface area (Å²) in [6, 6.07) is 57.2. The Labute approximate surface area is 309 Å². The van der Waals surface area contributed by atoms with E-state index in [0.29, 0.717) is 17.5 Å². The average molecular weight is 692 g/mol. The molecule has 0 aliphatic rings. The SMILES string of the molecule is c1ccc2cc(-c3nc(-c4ccc(-c5ccc(-n6c7ccccc7c7ccccc76)cc5)cc4)nc(-c4ccc5c(c4)oc4cnccc45)n3)ccc2c1. The third kappa shape index (κ3) is 4.96. The van der Waals surface area contributed by atoms with E-state index in [1.165, 1.54) is 27.2 Å². The maximum absolute atomic E-state index is 6.18. The molecule has 0 N–H and O–H groups in total. The molecule has 0 spiro atoms. The van der Waals surface area contributed by atoms with E-state index in [9.17, 15) is 0 Å². The van der Waals surface area contributed by atoms with Gasteiger partial charge in [0.05, 0.1) is 17.2 Å². The van der Waals surface area contributed by atoms with Gasteiger partial charge in [0, 0.05) is 50.1 Å². The number of para-hydroxylation sites is 2. The predicted molar refractivity (Wildman–Crippen MR) is 218 cm³/mol. The van der Waals surface area contributed by atoms with E-state index in [1.807, 2.05) is 24.3 Å². The zero-order chi connectivity index (χ0) is 35.6. The summed E-state index contributed by atoms with van der Waals surface area (Å²) >= 11 is 0. The second-order valence-corrected chi connectivity index (χ2v) is 13.5. The van der Waals surface area contributed by atoms with Crippen molar-refractivity contribution in [2.45, 2.75) is 0 Å². The minimum Gasteiger partial charge on any atom is -0.454 e. The summed E-state index contributed by atoms with van der Waals surface area (Å²) in [6.07, 6.45) is 3.53. The summed E-state index contributed by atoms with van der Waals surface area (Å²) in [5.41, 5.74) is 9.96. The number of aromatic nitrogens is 5. The highest BCUT2D eigenvalue weighted by atomic mass is 16.3. The summed E-state index contributed by atoms with van der Waals surface area (Å²) in [4.78, 5) is 19.3. The molecule has 11 aromatic rings. The Bertz CT molecular complexity index is 3160. The lowest BCUT2D eigenvalue weighted by atomic mass is 10.0. The fourth-order valence-electron chi connectivity index (χ4n) is 7.68. The second-order valence-electron chi connectivity index (χ2n) is 13.5. The van der Waals surface area contributed by atoms with Crippen molar-refractivity contribution >= 4 is 54.5 Å². The van der Waals surface area contributed by atoms with Crippen molar-refractivity contribution in [3.8, 4) is 51.0 Å². The highest BCUT2D eigenvalue weighted by Crippen LogP contribution is 2.35. The molecule has 0 atom stereocenters. The maximum atomic E-state index is 6.18. The van der Waals surface area contributed by atoms with Crippen molar-refractivity contribution in [3.63, 3.8) is 0 Å². The smallest absolute Gasteiger partial charge is 0.164 e. The second kappa shape index (κ2) is 12.1. The quantitative estimate of drug-likeness (QED) is 0.180. The van der Waals surface area contributed by atoms with Crippen LogP contribution in [0.3, 0.4) is 0 Å². The van der Waals surface area contributed by atoms with Gasteiger partial charge in [0.1, 0.15) is 5.58 Å². The van der Waals surface area contributed by atoms with Crippen LogP contribution in [0.25, 0.3) is 105 Å². The van der Waals surface area contributed by atoms with Crippen LogP contribution in [0.4, 0.5) is 0 Å². The average Bonchev–Trinajstić information content (AvgIpc) is 3.79. The number of furan rings is 1. The molecule has 0 saturated carbocycles. The summed E-state index contributed by atoms with van der Waals surface area (Å²) in [7, 11) is 0. The normalized spacial score (nSPS) is 11.7. The third-order valence-corrected chi connectivity index (χ3v) is 10.4. The van der Waals surface area contributed by atoms with Gasteiger partial charge >= 0.3 is 0 Å². The molecule has 11 rings (SSSR count). The van der Waals surface area contributed by atoms with Crippen LogP contribution in [0.1, 0.15) is 0 Å². The molecule has 7 aromatic carbocycles. The van der Waals surface area contributed by atoms with Crippen LogP contribution in [-0.4, -0.2) is 24.5 Å². The van der Waals surface area contributed by atoms with E-state index in [4.69, 9.17) is 19.4 Å². The molecule has 0 amide bonds. The zero-order valence-corrected chi connectivity index (χ0v) is 28.9. The van der Waals surface area contributed by atoms with Crippen molar-refractivity contribution in [2.24, 2.45) is 0 Å². The van der Waals surface area contributed by atoms with Crippen LogP contribution in [0.15, 0.2) is 181 Å². The molecule has 6 nitrogen and oxygen atoms in total. The van der Waals surface area contributed by atoms with Gasteiger partial charge in [-0.2, -0.15) is 0 Å². The Balaban J connectivity index is 0.979. The molecule has 6 heteroatoms. The largest absolute Gasteiger partial charge is 0.454 e. The maximum Gasteiger partial charge on any atom is 0.164 e. The van der Waals surface area contributed by atoms with Gasteiger partial charge in [-0.25, -0.2) is 15.0 Å². The summed E-state index contributed by atoms with van der Waals surface area (Å²) < 4.78 is 8.52. The van der Waals surface area contributed by atoms with Crippen molar-refractivity contribution < 1.29 is 4.42 Å². The first-order chi connectivity index (χ1) is 26.7. The number of benzene rings is 7. The Morgan fingerprint density at radius 3 is 1.65 bits per heavy atom. The molecular formula is C48H29N5O. The lowest BCUT2D eigenvalue weighted by Crippen LogP contribution is -2.00. The predicted octanol–water partition coefficient (Wildman–Crippen LogP) is 12.1. The Morgan fingerprint density at radius 1 is 0.389 bits per heavy atom. The molecule has 0 radical (unpaired) electrons. The molecule has 0 unspecified atom stereocenters. The number of rotatable bonds is 5. The number of nitrogens with zero attached hydrogens (tertiary/aromatic N) is 5. The third-order valence-electron chi connectivity index (χ3n) is 10.4. The topological polar surface area (TPSA) is 69.6 Å². The van der Waals surface area contributed by atoms with Gasteiger partial charge in [-0.3, -0.25) is 4.98 Å². The highest BCUT2D eigenvalue weighted by Gasteiger charge is 2.16. The van der Waals surface area contributed by atoms with E-state index in [2.05, 4.69) is 149 Å². The molecule has 0 bridgehead atoms. The Morgan fingerprint density at radius 2 is 0.926 bits per heavy atom. The lowest BCUT2D eigenvalue weighted by molar-refractivity contribution is 0.667. The van der Waals surface area contributed by atoms with Crippen LogP contribution >= 0.6 is 0 Å². The Hall–Kier alpha value is -7.44. The van der Waals surface area contributed by atoms with Crippen molar-refractivity contribution in [1.82, 2.24) is 24.5 Å². The summed E-state index contributed by atoms with van der Waals surface area (Å²) in [5.74, 6) is 1.79. The fourth-order valence-corrected chi connectivity index (χ4v) is 7.68. The molecule has 0 saturated heterocycles. The van der Waals surface area contributed by atoms with E-state index < -0.39 is 0 Å². The van der Waals surface area contributed by atoms with Gasteiger partial charge in [-0.05, 0) is 70.4 Å². The van der Waals surface area contributed by atoms with Crippen LogP contribution in [-0.2, 0) is 0 Å². The monoisotopic (exact) mass is 691 g/mol. The first-order valence-corrected chi connectivity index (χ1v) is 17.9. The standard InChI is InChI=1S/C48H29N5O/c1-2-8-34-27-35(18-15-30(34)7-1)47-50-46(51-48(52-47)36-21-24-40-41-25-26-49-29-45(41)54-44(40)28-36)33-16-13-31(14-17-33)32-19-22-37(23-20-32)53-42-11-5-3-9-38(42)39-10-4-6-12-43(39)53/h1-29H.